The maximum absolute atomic E-state index is 14.1. The predicted molar refractivity (Wildman–Crippen MR) is 132 cm³/mol. The normalized spacial score (nSPS) is 14.0. The van der Waals surface area contributed by atoms with E-state index in [0.29, 0.717) is 29.5 Å². The number of nitrogens with zero attached hydrogens (tertiary/aromatic N) is 3. The van der Waals surface area contributed by atoms with Crippen molar-refractivity contribution in [1.82, 2.24) is 10.2 Å². The lowest BCUT2D eigenvalue weighted by atomic mass is 10.1. The van der Waals surface area contributed by atoms with Gasteiger partial charge < -0.3 is 29.3 Å². The Morgan fingerprint density at radius 1 is 0.968 bits per heavy atom. The summed E-state index contributed by atoms with van der Waals surface area (Å²) in [5, 5.41) is 3.39. The molecule has 0 unspecified atom stereocenters. The third-order valence-corrected chi connectivity index (χ3v) is 5.21. The van der Waals surface area contributed by atoms with Crippen LogP contribution < -0.4 is 24.4 Å². The van der Waals surface area contributed by atoms with E-state index in [9.17, 15) is 4.39 Å². The lowest BCUT2D eigenvalue weighted by molar-refractivity contribution is 0.346. The number of anilines is 1. The number of para-hydroxylation sites is 1. The SMILES string of the molecule is CN=C(NCc1cc(OC)c(OC)cc1OC)N1CCN(c2ccccc2F)CC1.I. The smallest absolute Gasteiger partial charge is 0.194 e. The number of rotatable bonds is 6. The van der Waals surface area contributed by atoms with Crippen molar-refractivity contribution < 1.29 is 18.6 Å². The first-order valence-electron chi connectivity index (χ1n) is 9.85. The molecule has 2 aromatic carbocycles. The van der Waals surface area contributed by atoms with E-state index in [4.69, 9.17) is 14.2 Å². The minimum Gasteiger partial charge on any atom is -0.496 e. The minimum atomic E-state index is -0.186. The van der Waals surface area contributed by atoms with Gasteiger partial charge in [0.15, 0.2) is 17.5 Å². The van der Waals surface area contributed by atoms with Crippen LogP contribution in [0, 0.1) is 5.82 Å². The summed E-state index contributed by atoms with van der Waals surface area (Å²) in [5.74, 6) is 2.57. The Balaban J connectivity index is 0.00000341. The molecular formula is C22H30FIN4O3. The van der Waals surface area contributed by atoms with Gasteiger partial charge in [-0.2, -0.15) is 0 Å². The maximum atomic E-state index is 14.1. The Morgan fingerprint density at radius 2 is 1.58 bits per heavy atom. The van der Waals surface area contributed by atoms with E-state index in [0.717, 1.165) is 37.7 Å². The zero-order chi connectivity index (χ0) is 21.5. The number of hydrogen-bond acceptors (Lipinski definition) is 5. The van der Waals surface area contributed by atoms with Crippen LogP contribution >= 0.6 is 24.0 Å². The molecule has 1 aliphatic rings. The van der Waals surface area contributed by atoms with Crippen molar-refractivity contribution >= 4 is 35.6 Å². The first-order valence-corrected chi connectivity index (χ1v) is 9.85. The Labute approximate surface area is 200 Å². The number of benzene rings is 2. The van der Waals surface area contributed by atoms with E-state index in [1.165, 1.54) is 6.07 Å². The Morgan fingerprint density at radius 3 is 2.16 bits per heavy atom. The van der Waals surface area contributed by atoms with Gasteiger partial charge in [-0.05, 0) is 18.2 Å². The number of piperazine rings is 1. The van der Waals surface area contributed by atoms with Crippen molar-refractivity contribution in [3.05, 3.63) is 47.8 Å². The standard InChI is InChI=1S/C22H29FN4O3.HI/c1-24-22(25-15-16-13-20(29-3)21(30-4)14-19(16)28-2)27-11-9-26(10-12-27)18-8-6-5-7-17(18)23;/h5-8,13-14H,9-12,15H2,1-4H3,(H,24,25);1H. The zero-order valence-electron chi connectivity index (χ0n) is 18.4. The molecule has 7 nitrogen and oxygen atoms in total. The van der Waals surface area contributed by atoms with E-state index in [2.05, 4.69) is 20.1 Å². The molecule has 0 aliphatic carbocycles. The first-order chi connectivity index (χ1) is 14.6. The number of guanidine groups is 1. The second-order valence-corrected chi connectivity index (χ2v) is 6.85. The average Bonchev–Trinajstić information content (AvgIpc) is 2.79. The highest BCUT2D eigenvalue weighted by molar-refractivity contribution is 14.0. The van der Waals surface area contributed by atoms with Crippen LogP contribution in [0.3, 0.4) is 0 Å². The van der Waals surface area contributed by atoms with E-state index in [1.807, 2.05) is 24.3 Å². The summed E-state index contributed by atoms with van der Waals surface area (Å²) < 4.78 is 30.3. The molecule has 1 saturated heterocycles. The van der Waals surface area contributed by atoms with Gasteiger partial charge in [-0.3, -0.25) is 4.99 Å². The summed E-state index contributed by atoms with van der Waals surface area (Å²) in [6, 6.07) is 10.6. The van der Waals surface area contributed by atoms with Crippen LogP contribution in [0.2, 0.25) is 0 Å². The molecule has 1 aliphatic heterocycles. The summed E-state index contributed by atoms with van der Waals surface area (Å²) in [7, 11) is 6.59. The van der Waals surface area contributed by atoms with Crippen LogP contribution in [0.1, 0.15) is 5.56 Å². The monoisotopic (exact) mass is 544 g/mol. The summed E-state index contributed by atoms with van der Waals surface area (Å²) in [6.45, 7) is 3.46. The molecule has 9 heteroatoms. The third kappa shape index (κ3) is 5.84. The summed E-state index contributed by atoms with van der Waals surface area (Å²) in [6.07, 6.45) is 0. The van der Waals surface area contributed by atoms with Crippen LogP contribution in [0.5, 0.6) is 17.2 Å². The zero-order valence-corrected chi connectivity index (χ0v) is 20.7. The lowest BCUT2D eigenvalue weighted by Gasteiger charge is -2.37. The number of methoxy groups -OCH3 is 3. The first kappa shape index (κ1) is 24.8. The van der Waals surface area contributed by atoms with Gasteiger partial charge in [0.1, 0.15) is 11.6 Å². The molecule has 31 heavy (non-hydrogen) atoms. The molecule has 0 saturated carbocycles. The number of nitrogens with one attached hydrogen (secondary N) is 1. The third-order valence-electron chi connectivity index (χ3n) is 5.21. The number of halogens is 2. The molecule has 1 heterocycles. The molecule has 1 fully saturated rings. The lowest BCUT2D eigenvalue weighted by Crippen LogP contribution is -2.52. The van der Waals surface area contributed by atoms with Crippen molar-refractivity contribution in [1.29, 1.82) is 0 Å². The van der Waals surface area contributed by atoms with E-state index >= 15 is 0 Å². The van der Waals surface area contributed by atoms with Crippen LogP contribution in [-0.2, 0) is 6.54 Å². The topological polar surface area (TPSA) is 58.6 Å². The molecule has 0 bridgehead atoms. The van der Waals surface area contributed by atoms with Crippen molar-refractivity contribution in [2.24, 2.45) is 4.99 Å². The highest BCUT2D eigenvalue weighted by Crippen LogP contribution is 2.34. The molecular weight excluding hydrogens is 514 g/mol. The van der Waals surface area contributed by atoms with Crippen LogP contribution in [0.4, 0.5) is 10.1 Å². The molecule has 1 N–H and O–H groups in total. The van der Waals surface area contributed by atoms with Gasteiger partial charge in [-0.15, -0.1) is 24.0 Å². The van der Waals surface area contributed by atoms with Crippen molar-refractivity contribution in [3.8, 4) is 17.2 Å². The van der Waals surface area contributed by atoms with Crippen LogP contribution in [0.25, 0.3) is 0 Å². The fourth-order valence-electron chi connectivity index (χ4n) is 3.60. The number of ether oxygens (including phenoxy) is 3. The maximum Gasteiger partial charge on any atom is 0.194 e. The van der Waals surface area contributed by atoms with Gasteiger partial charge in [-0.1, -0.05) is 12.1 Å². The molecule has 0 atom stereocenters. The number of aliphatic imine (C=N–C) groups is 1. The van der Waals surface area contributed by atoms with E-state index in [-0.39, 0.29) is 29.8 Å². The fourth-order valence-corrected chi connectivity index (χ4v) is 3.60. The van der Waals surface area contributed by atoms with Gasteiger partial charge >= 0.3 is 0 Å². The predicted octanol–water partition coefficient (Wildman–Crippen LogP) is 3.37. The van der Waals surface area contributed by atoms with Crippen molar-refractivity contribution in [2.45, 2.75) is 6.54 Å². The van der Waals surface area contributed by atoms with Crippen molar-refractivity contribution in [3.63, 3.8) is 0 Å². The van der Waals surface area contributed by atoms with Crippen LogP contribution in [-0.4, -0.2) is 65.4 Å². The second kappa shape index (κ2) is 11.8. The largest absolute Gasteiger partial charge is 0.496 e. The highest BCUT2D eigenvalue weighted by Gasteiger charge is 2.22. The fraction of sp³-hybridized carbons (Fsp3) is 0.409. The second-order valence-electron chi connectivity index (χ2n) is 6.85. The molecule has 0 amide bonds. The molecule has 0 radical (unpaired) electrons. The highest BCUT2D eigenvalue weighted by atomic mass is 127. The number of hydrogen-bond donors (Lipinski definition) is 1. The van der Waals surface area contributed by atoms with Gasteiger partial charge in [-0.25, -0.2) is 4.39 Å². The summed E-state index contributed by atoms with van der Waals surface area (Å²) in [4.78, 5) is 8.65. The summed E-state index contributed by atoms with van der Waals surface area (Å²) >= 11 is 0. The van der Waals surface area contributed by atoms with E-state index < -0.39 is 0 Å². The Bertz CT molecular complexity index is 889. The molecule has 0 spiro atoms. The Hall–Kier alpha value is -2.43. The molecule has 0 aromatic heterocycles. The van der Waals surface area contributed by atoms with E-state index in [1.54, 1.807) is 34.4 Å². The van der Waals surface area contributed by atoms with Crippen molar-refractivity contribution in [2.75, 3.05) is 59.5 Å². The molecule has 3 rings (SSSR count). The van der Waals surface area contributed by atoms with Gasteiger partial charge in [0.25, 0.3) is 0 Å². The van der Waals surface area contributed by atoms with Crippen LogP contribution in [0.15, 0.2) is 41.4 Å². The average molecular weight is 544 g/mol. The van der Waals surface area contributed by atoms with Gasteiger partial charge in [0.05, 0.1) is 27.0 Å². The molecule has 170 valence electrons. The van der Waals surface area contributed by atoms with Gasteiger partial charge in [0.2, 0.25) is 0 Å². The summed E-state index contributed by atoms with van der Waals surface area (Å²) in [5.41, 5.74) is 1.58. The van der Waals surface area contributed by atoms with Gasteiger partial charge in [0, 0.05) is 51.4 Å². The molecule has 2 aromatic rings. The Kier molecular flexibility index (Phi) is 9.47. The quantitative estimate of drug-likeness (QED) is 0.342. The minimum absolute atomic E-state index is 0.